The molecule has 0 radical (unpaired) electrons. The third-order valence-corrected chi connectivity index (χ3v) is 4.38. The normalized spacial score (nSPS) is 19.0. The van der Waals surface area contributed by atoms with E-state index in [0.29, 0.717) is 6.54 Å². The van der Waals surface area contributed by atoms with Crippen molar-refractivity contribution < 1.29 is 0 Å². The molecule has 0 amide bonds. The molecule has 1 aromatic heterocycles. The van der Waals surface area contributed by atoms with Crippen molar-refractivity contribution in [2.75, 3.05) is 18.0 Å². The second-order valence-corrected chi connectivity index (χ2v) is 5.19. The molecule has 1 aromatic carbocycles. The van der Waals surface area contributed by atoms with Gasteiger partial charge in [-0.15, -0.1) is 0 Å². The van der Waals surface area contributed by atoms with E-state index in [1.54, 1.807) is 5.56 Å². The Hall–Kier alpha value is -1.48. The molecule has 0 unspecified atom stereocenters. The maximum absolute atomic E-state index is 5.83. The van der Waals surface area contributed by atoms with E-state index in [9.17, 15) is 0 Å². The Kier molecular flexibility index (Phi) is 1.83. The van der Waals surface area contributed by atoms with Crippen molar-refractivity contribution in [2.24, 2.45) is 5.73 Å². The Morgan fingerprint density at radius 2 is 2.12 bits per heavy atom. The molecule has 0 saturated carbocycles. The first kappa shape index (κ1) is 9.54. The summed E-state index contributed by atoms with van der Waals surface area (Å²) in [7, 11) is 0. The van der Waals surface area contributed by atoms with Crippen LogP contribution in [0, 0.1) is 0 Å². The summed E-state index contributed by atoms with van der Waals surface area (Å²) in [6, 6.07) is 6.50. The van der Waals surface area contributed by atoms with Crippen LogP contribution in [0.5, 0.6) is 0 Å². The second-order valence-electron chi connectivity index (χ2n) is 5.19. The Balaban J connectivity index is 2.06. The first-order valence-electron chi connectivity index (χ1n) is 6.47. The van der Waals surface area contributed by atoms with Crippen LogP contribution in [0.15, 0.2) is 18.2 Å². The minimum Gasteiger partial charge on any atom is -0.358 e. The Bertz CT molecular complexity index is 576. The fourth-order valence-electron chi connectivity index (χ4n) is 3.51. The van der Waals surface area contributed by atoms with Gasteiger partial charge in [-0.1, -0.05) is 18.2 Å². The van der Waals surface area contributed by atoms with Gasteiger partial charge in [0.15, 0.2) is 0 Å². The number of hydrogen-bond donors (Lipinski definition) is 2. The fourth-order valence-corrected chi connectivity index (χ4v) is 3.51. The quantitative estimate of drug-likeness (QED) is 0.785. The molecule has 3 aliphatic rings. The highest BCUT2D eigenvalue weighted by molar-refractivity contribution is 5.92. The summed E-state index contributed by atoms with van der Waals surface area (Å²) in [5, 5.41) is 1.40. The highest BCUT2D eigenvalue weighted by atomic mass is 15.2. The SMILES string of the molecule is NCc1cccc2c3c([nH]c12)N1CCC3CC1. The number of nitrogens with zero attached hydrogens (tertiary/aromatic N) is 1. The van der Waals surface area contributed by atoms with Crippen LogP contribution in [-0.2, 0) is 6.54 Å². The molecule has 0 spiro atoms. The lowest BCUT2D eigenvalue weighted by Gasteiger charge is -2.40. The number of hydrogen-bond acceptors (Lipinski definition) is 2. The van der Waals surface area contributed by atoms with E-state index in [1.807, 2.05) is 0 Å². The third kappa shape index (κ3) is 1.15. The molecule has 0 aliphatic carbocycles. The number of anilines is 1. The number of nitrogens with two attached hydrogens (primary N) is 1. The number of nitrogens with one attached hydrogen (secondary N) is 1. The predicted octanol–water partition coefficient (Wildman–Crippen LogP) is 2.32. The maximum atomic E-state index is 5.83. The molecule has 3 nitrogen and oxygen atoms in total. The van der Waals surface area contributed by atoms with Gasteiger partial charge in [-0.25, -0.2) is 0 Å². The van der Waals surface area contributed by atoms with Crippen molar-refractivity contribution >= 4 is 16.7 Å². The lowest BCUT2D eigenvalue weighted by atomic mass is 9.84. The second kappa shape index (κ2) is 3.26. The average Bonchev–Trinajstić information content (AvgIpc) is 2.81. The lowest BCUT2D eigenvalue weighted by Crippen LogP contribution is -2.38. The number of benzene rings is 1. The lowest BCUT2D eigenvalue weighted by molar-refractivity contribution is 0.475. The average molecular weight is 227 g/mol. The van der Waals surface area contributed by atoms with Gasteiger partial charge in [-0.2, -0.15) is 0 Å². The zero-order valence-corrected chi connectivity index (χ0v) is 9.87. The van der Waals surface area contributed by atoms with E-state index >= 15 is 0 Å². The molecule has 0 atom stereocenters. The molecular weight excluding hydrogens is 210 g/mol. The summed E-state index contributed by atoms with van der Waals surface area (Å²) in [6.07, 6.45) is 2.62. The van der Waals surface area contributed by atoms with Crippen molar-refractivity contribution in [3.63, 3.8) is 0 Å². The number of aromatic amines is 1. The number of piperidine rings is 1. The summed E-state index contributed by atoms with van der Waals surface area (Å²) < 4.78 is 0. The number of H-pyrrole nitrogens is 1. The predicted molar refractivity (Wildman–Crippen MR) is 70.4 cm³/mol. The highest BCUT2D eigenvalue weighted by Crippen LogP contribution is 2.46. The van der Waals surface area contributed by atoms with Crippen LogP contribution in [0.4, 0.5) is 5.82 Å². The number of aromatic nitrogens is 1. The van der Waals surface area contributed by atoms with Gasteiger partial charge in [0.25, 0.3) is 0 Å². The molecular formula is C14H17N3. The van der Waals surface area contributed by atoms with Gasteiger partial charge in [0.05, 0.1) is 5.52 Å². The molecule has 4 heterocycles. The van der Waals surface area contributed by atoms with Crippen molar-refractivity contribution in [1.29, 1.82) is 0 Å². The summed E-state index contributed by atoms with van der Waals surface area (Å²) in [6.45, 7) is 3.03. The van der Waals surface area contributed by atoms with E-state index in [2.05, 4.69) is 28.1 Å². The zero-order chi connectivity index (χ0) is 11.4. The summed E-state index contributed by atoms with van der Waals surface area (Å²) >= 11 is 0. The van der Waals surface area contributed by atoms with Crippen molar-refractivity contribution in [3.8, 4) is 0 Å². The molecule has 1 saturated heterocycles. The van der Waals surface area contributed by atoms with Crippen LogP contribution < -0.4 is 10.6 Å². The monoisotopic (exact) mass is 227 g/mol. The Morgan fingerprint density at radius 3 is 2.88 bits per heavy atom. The van der Waals surface area contributed by atoms with Crippen molar-refractivity contribution in [3.05, 3.63) is 29.3 Å². The zero-order valence-electron chi connectivity index (χ0n) is 9.87. The summed E-state index contributed by atoms with van der Waals surface area (Å²) in [5.74, 6) is 2.13. The summed E-state index contributed by atoms with van der Waals surface area (Å²) in [5.41, 5.74) is 9.87. The van der Waals surface area contributed by atoms with Gasteiger partial charge >= 0.3 is 0 Å². The summed E-state index contributed by atoms with van der Waals surface area (Å²) in [4.78, 5) is 6.11. The number of para-hydroxylation sites is 1. The Morgan fingerprint density at radius 1 is 1.29 bits per heavy atom. The number of fused-ring (bicyclic) bond motifs is 3. The van der Waals surface area contributed by atoms with E-state index < -0.39 is 0 Å². The van der Waals surface area contributed by atoms with Crippen molar-refractivity contribution in [1.82, 2.24) is 4.98 Å². The molecule has 88 valence electrons. The largest absolute Gasteiger partial charge is 0.358 e. The minimum absolute atomic E-state index is 0.612. The van der Waals surface area contributed by atoms with Gasteiger partial charge in [0.2, 0.25) is 0 Å². The molecule has 1 fully saturated rings. The van der Waals surface area contributed by atoms with Crippen LogP contribution in [0.1, 0.15) is 29.9 Å². The Labute approximate surface area is 101 Å². The minimum atomic E-state index is 0.612. The molecule has 3 N–H and O–H groups in total. The van der Waals surface area contributed by atoms with Crippen molar-refractivity contribution in [2.45, 2.75) is 25.3 Å². The van der Waals surface area contributed by atoms with E-state index in [-0.39, 0.29) is 0 Å². The standard InChI is InChI=1S/C14H17N3/c15-8-10-2-1-3-11-12-9-4-6-17(7-5-9)14(12)16-13(10)11/h1-3,9,16H,4-8,15H2. The topological polar surface area (TPSA) is 45.1 Å². The van der Waals surface area contributed by atoms with Crippen LogP contribution in [0.3, 0.4) is 0 Å². The first-order chi connectivity index (χ1) is 8.38. The highest BCUT2D eigenvalue weighted by Gasteiger charge is 2.33. The third-order valence-electron chi connectivity index (χ3n) is 4.38. The molecule has 17 heavy (non-hydrogen) atoms. The van der Waals surface area contributed by atoms with Gasteiger partial charge in [-0.05, 0) is 24.3 Å². The fraction of sp³-hybridized carbons (Fsp3) is 0.429. The van der Waals surface area contributed by atoms with Gasteiger partial charge in [0.1, 0.15) is 5.82 Å². The smallest absolute Gasteiger partial charge is 0.110 e. The van der Waals surface area contributed by atoms with Crippen LogP contribution >= 0.6 is 0 Å². The van der Waals surface area contributed by atoms with Crippen LogP contribution in [-0.4, -0.2) is 18.1 Å². The van der Waals surface area contributed by atoms with Crippen LogP contribution in [0.25, 0.3) is 10.9 Å². The van der Waals surface area contributed by atoms with Gasteiger partial charge in [-0.3, -0.25) is 0 Å². The van der Waals surface area contributed by atoms with E-state index in [4.69, 9.17) is 5.73 Å². The van der Waals surface area contributed by atoms with E-state index in [1.165, 1.54) is 48.2 Å². The van der Waals surface area contributed by atoms with Gasteiger partial charge in [0, 0.05) is 30.6 Å². The number of rotatable bonds is 1. The molecule has 3 heteroatoms. The molecule has 2 bridgehead atoms. The maximum Gasteiger partial charge on any atom is 0.110 e. The molecule has 5 rings (SSSR count). The van der Waals surface area contributed by atoms with Crippen LogP contribution in [0.2, 0.25) is 0 Å². The molecule has 2 aromatic rings. The van der Waals surface area contributed by atoms with E-state index in [0.717, 1.165) is 5.92 Å². The van der Waals surface area contributed by atoms with Gasteiger partial charge < -0.3 is 15.6 Å². The first-order valence-corrected chi connectivity index (χ1v) is 6.47. The molecule has 3 aliphatic heterocycles.